The summed E-state index contributed by atoms with van der Waals surface area (Å²) in [7, 11) is -3.76. The Morgan fingerprint density at radius 1 is 1.22 bits per heavy atom. The molecule has 1 amide bonds. The monoisotopic (exact) mass is 337 g/mol. The third-order valence-electron chi connectivity index (χ3n) is 3.02. The minimum atomic E-state index is -3.76. The summed E-state index contributed by atoms with van der Waals surface area (Å²) >= 11 is 0. The molecule has 0 fully saturated rings. The lowest BCUT2D eigenvalue weighted by molar-refractivity contribution is 0.0949. The molecular weight excluding hydrogens is 321 g/mol. The fraction of sp³-hybridized carbons (Fsp3) is 0.188. The van der Waals surface area contributed by atoms with Gasteiger partial charge in [0.15, 0.2) is 5.75 Å². The maximum absolute atomic E-state index is 13.6. The molecule has 0 aliphatic rings. The zero-order chi connectivity index (χ0) is 17.0. The molecule has 2 aromatic rings. The van der Waals surface area contributed by atoms with Crippen LogP contribution in [0.3, 0.4) is 0 Å². The van der Waals surface area contributed by atoms with E-state index in [9.17, 15) is 17.6 Å². The van der Waals surface area contributed by atoms with Crippen molar-refractivity contribution in [2.24, 2.45) is 0 Å². The first kappa shape index (κ1) is 17.0. The van der Waals surface area contributed by atoms with Crippen LogP contribution in [-0.4, -0.2) is 20.6 Å². The van der Waals surface area contributed by atoms with Crippen molar-refractivity contribution in [2.45, 2.75) is 13.5 Å². The predicted octanol–water partition coefficient (Wildman–Crippen LogP) is 2.40. The Morgan fingerprint density at radius 3 is 2.57 bits per heavy atom. The summed E-state index contributed by atoms with van der Waals surface area (Å²) in [4.78, 5) is 12.3. The molecule has 2 aromatic carbocycles. The number of benzene rings is 2. The number of hydrogen-bond acceptors (Lipinski definition) is 4. The van der Waals surface area contributed by atoms with Crippen LogP contribution in [0.15, 0.2) is 42.5 Å². The smallest absolute Gasteiger partial charge is 0.306 e. The van der Waals surface area contributed by atoms with Crippen LogP contribution in [0.4, 0.5) is 4.39 Å². The summed E-state index contributed by atoms with van der Waals surface area (Å²) < 4.78 is 40.9. The number of amides is 1. The summed E-state index contributed by atoms with van der Waals surface area (Å²) in [5.41, 5.74) is 1.17. The number of hydrogen-bond donors (Lipinski definition) is 1. The molecule has 0 atom stereocenters. The number of rotatable bonds is 5. The number of nitrogens with one attached hydrogen (secondary N) is 1. The van der Waals surface area contributed by atoms with Gasteiger partial charge in [-0.1, -0.05) is 29.8 Å². The Labute approximate surface area is 134 Å². The van der Waals surface area contributed by atoms with Gasteiger partial charge in [-0.05, 0) is 25.1 Å². The molecule has 0 radical (unpaired) electrons. The quantitative estimate of drug-likeness (QED) is 0.851. The average molecular weight is 337 g/mol. The lowest BCUT2D eigenvalue weighted by Gasteiger charge is -2.11. The lowest BCUT2D eigenvalue weighted by Crippen LogP contribution is -2.24. The normalized spacial score (nSPS) is 11.1. The van der Waals surface area contributed by atoms with Crippen LogP contribution in [0, 0.1) is 12.7 Å². The molecule has 0 aliphatic heterocycles. The molecule has 122 valence electrons. The van der Waals surface area contributed by atoms with Gasteiger partial charge < -0.3 is 9.50 Å². The first-order chi connectivity index (χ1) is 10.8. The highest BCUT2D eigenvalue weighted by atomic mass is 32.2. The van der Waals surface area contributed by atoms with E-state index in [0.29, 0.717) is 5.56 Å². The summed E-state index contributed by atoms with van der Waals surface area (Å²) in [6.07, 6.45) is 0.897. The Kier molecular flexibility index (Phi) is 5.00. The van der Waals surface area contributed by atoms with Gasteiger partial charge in [0.05, 0.1) is 11.8 Å². The molecule has 1 N–H and O–H groups in total. The number of halogens is 1. The van der Waals surface area contributed by atoms with Crippen molar-refractivity contribution in [3.63, 3.8) is 0 Å². The molecule has 0 unspecified atom stereocenters. The molecule has 23 heavy (non-hydrogen) atoms. The molecule has 5 nitrogen and oxygen atoms in total. The molecule has 0 aliphatic carbocycles. The largest absolute Gasteiger partial charge is 0.382 e. The summed E-state index contributed by atoms with van der Waals surface area (Å²) in [5.74, 6) is -1.04. The maximum Gasteiger partial charge on any atom is 0.306 e. The van der Waals surface area contributed by atoms with E-state index in [1.165, 1.54) is 18.2 Å². The number of carbonyl (C=O) groups is 1. The minimum absolute atomic E-state index is 0.0161. The van der Waals surface area contributed by atoms with Crippen LogP contribution in [0.5, 0.6) is 5.75 Å². The highest BCUT2D eigenvalue weighted by Gasteiger charge is 2.16. The van der Waals surface area contributed by atoms with Crippen LogP contribution < -0.4 is 9.50 Å². The van der Waals surface area contributed by atoms with E-state index >= 15 is 0 Å². The second kappa shape index (κ2) is 6.78. The number of aryl methyl sites for hydroxylation is 1. The van der Waals surface area contributed by atoms with Gasteiger partial charge >= 0.3 is 10.1 Å². The van der Waals surface area contributed by atoms with E-state index in [-0.39, 0.29) is 17.9 Å². The molecule has 0 bridgehead atoms. The third kappa shape index (κ3) is 4.79. The van der Waals surface area contributed by atoms with Crippen molar-refractivity contribution in [1.29, 1.82) is 0 Å². The first-order valence-corrected chi connectivity index (χ1v) is 8.59. The average Bonchev–Trinajstić information content (AvgIpc) is 2.46. The Hall–Kier alpha value is -2.41. The molecule has 0 saturated heterocycles. The molecule has 7 heteroatoms. The first-order valence-electron chi connectivity index (χ1n) is 6.78. The third-order valence-corrected chi connectivity index (χ3v) is 3.50. The van der Waals surface area contributed by atoms with E-state index in [1.807, 2.05) is 0 Å². The zero-order valence-electron chi connectivity index (χ0n) is 12.7. The van der Waals surface area contributed by atoms with E-state index in [1.54, 1.807) is 31.2 Å². The molecule has 0 spiro atoms. The fourth-order valence-corrected chi connectivity index (χ4v) is 2.44. The molecule has 0 saturated carbocycles. The van der Waals surface area contributed by atoms with Crippen molar-refractivity contribution in [1.82, 2.24) is 5.32 Å². The second-order valence-corrected chi connectivity index (χ2v) is 6.64. The topological polar surface area (TPSA) is 72.5 Å². The van der Waals surface area contributed by atoms with Crippen LogP contribution in [-0.2, 0) is 16.7 Å². The lowest BCUT2D eigenvalue weighted by atomic mass is 10.1. The van der Waals surface area contributed by atoms with E-state index in [2.05, 4.69) is 5.32 Å². The van der Waals surface area contributed by atoms with Gasteiger partial charge in [-0.3, -0.25) is 4.79 Å². The molecular formula is C16H16FNO4S. The summed E-state index contributed by atoms with van der Waals surface area (Å²) in [6.45, 7) is 1.75. The van der Waals surface area contributed by atoms with Gasteiger partial charge in [-0.15, -0.1) is 0 Å². The molecule has 0 heterocycles. The van der Waals surface area contributed by atoms with Crippen LogP contribution in [0.1, 0.15) is 21.5 Å². The van der Waals surface area contributed by atoms with Crippen LogP contribution >= 0.6 is 0 Å². The Bertz CT molecular complexity index is 834. The molecule has 2 rings (SSSR count). The van der Waals surface area contributed by atoms with Crippen molar-refractivity contribution in [2.75, 3.05) is 6.26 Å². The van der Waals surface area contributed by atoms with E-state index < -0.39 is 21.8 Å². The van der Waals surface area contributed by atoms with E-state index in [0.717, 1.165) is 11.8 Å². The van der Waals surface area contributed by atoms with Crippen molar-refractivity contribution >= 4 is 16.0 Å². The fourth-order valence-electron chi connectivity index (χ4n) is 1.97. The predicted molar refractivity (Wildman–Crippen MR) is 84.2 cm³/mol. The highest BCUT2D eigenvalue weighted by molar-refractivity contribution is 7.86. The number of carbonyl (C=O) groups excluding carboxylic acids is 1. The van der Waals surface area contributed by atoms with Crippen molar-refractivity contribution < 1.29 is 21.8 Å². The zero-order valence-corrected chi connectivity index (χ0v) is 13.5. The summed E-state index contributed by atoms with van der Waals surface area (Å²) in [5, 5.41) is 2.56. The van der Waals surface area contributed by atoms with Gasteiger partial charge in [0.1, 0.15) is 5.82 Å². The van der Waals surface area contributed by atoms with Gasteiger partial charge in [-0.25, -0.2) is 4.39 Å². The highest BCUT2D eigenvalue weighted by Crippen LogP contribution is 2.21. The van der Waals surface area contributed by atoms with E-state index in [4.69, 9.17) is 4.18 Å². The van der Waals surface area contributed by atoms with Gasteiger partial charge in [0, 0.05) is 12.1 Å². The minimum Gasteiger partial charge on any atom is -0.382 e. The Morgan fingerprint density at radius 2 is 1.91 bits per heavy atom. The van der Waals surface area contributed by atoms with Crippen LogP contribution in [0.25, 0.3) is 0 Å². The standard InChI is InChI=1S/C16H16FNO4S/c1-11-7-8-15(22-23(2,20)21)13(9-11)16(19)18-10-12-5-3-4-6-14(12)17/h3-9H,10H2,1-2H3,(H,18,19). The van der Waals surface area contributed by atoms with Crippen molar-refractivity contribution in [3.05, 3.63) is 65.0 Å². The van der Waals surface area contributed by atoms with Gasteiger partial charge in [-0.2, -0.15) is 8.42 Å². The second-order valence-electron chi connectivity index (χ2n) is 5.06. The Balaban J connectivity index is 2.21. The van der Waals surface area contributed by atoms with Gasteiger partial charge in [0.2, 0.25) is 0 Å². The van der Waals surface area contributed by atoms with Crippen molar-refractivity contribution in [3.8, 4) is 5.75 Å². The molecule has 0 aromatic heterocycles. The summed E-state index contributed by atoms with van der Waals surface area (Å²) in [6, 6.07) is 10.6. The SMILES string of the molecule is Cc1ccc(OS(C)(=O)=O)c(C(=O)NCc2ccccc2F)c1. The maximum atomic E-state index is 13.6. The van der Waals surface area contributed by atoms with Crippen LogP contribution in [0.2, 0.25) is 0 Å². The van der Waals surface area contributed by atoms with Gasteiger partial charge in [0.25, 0.3) is 5.91 Å².